The number of amides is 1. The van der Waals surface area contributed by atoms with Crippen molar-refractivity contribution >= 4 is 22.7 Å². The van der Waals surface area contributed by atoms with Crippen LogP contribution in [0.1, 0.15) is 44.3 Å². The zero-order valence-electron chi connectivity index (χ0n) is 13.0. The number of para-hydroxylation sites is 2. The van der Waals surface area contributed by atoms with Crippen LogP contribution in [0.2, 0.25) is 0 Å². The highest BCUT2D eigenvalue weighted by Gasteiger charge is 2.11. The van der Waals surface area contributed by atoms with Gasteiger partial charge in [-0.3, -0.25) is 4.79 Å². The summed E-state index contributed by atoms with van der Waals surface area (Å²) in [5, 5.41) is 4.32. The van der Waals surface area contributed by atoms with Crippen LogP contribution >= 0.6 is 0 Å². The summed E-state index contributed by atoms with van der Waals surface area (Å²) < 4.78 is 1.93. The maximum absolute atomic E-state index is 12.2. The number of hydrogen-bond acceptors (Lipinski definition) is 3. The molecule has 1 aliphatic carbocycles. The predicted octanol–water partition coefficient (Wildman–Crippen LogP) is 3.17. The standard InChI is InChI=1S/C17H22N4O/c1-13-18-15-10-6-7-11-16(15)21(13)12-17(22)20-19-14-8-4-2-3-5-9-14/h6-7,10-11H,2-5,8-9,12H2,1H3,(H,20,22). The zero-order valence-corrected chi connectivity index (χ0v) is 13.0. The molecule has 22 heavy (non-hydrogen) atoms. The Balaban J connectivity index is 1.68. The van der Waals surface area contributed by atoms with Gasteiger partial charge in [-0.15, -0.1) is 0 Å². The fourth-order valence-corrected chi connectivity index (χ4v) is 2.96. The van der Waals surface area contributed by atoms with E-state index in [1.807, 2.05) is 35.8 Å². The first kappa shape index (κ1) is 14.8. The lowest BCUT2D eigenvalue weighted by molar-refractivity contribution is -0.121. The summed E-state index contributed by atoms with van der Waals surface area (Å²) in [7, 11) is 0. The normalized spacial score (nSPS) is 15.6. The van der Waals surface area contributed by atoms with Crippen LogP contribution < -0.4 is 5.43 Å². The number of rotatable bonds is 3. The van der Waals surface area contributed by atoms with E-state index in [1.165, 1.54) is 25.7 Å². The third kappa shape index (κ3) is 3.35. The van der Waals surface area contributed by atoms with Gasteiger partial charge >= 0.3 is 0 Å². The van der Waals surface area contributed by atoms with E-state index in [0.717, 1.165) is 35.4 Å². The van der Waals surface area contributed by atoms with E-state index in [4.69, 9.17) is 0 Å². The largest absolute Gasteiger partial charge is 0.319 e. The fraction of sp³-hybridized carbons (Fsp3) is 0.471. The molecule has 0 radical (unpaired) electrons. The van der Waals surface area contributed by atoms with Gasteiger partial charge in [0.15, 0.2) is 0 Å². The van der Waals surface area contributed by atoms with Crippen LogP contribution in [0.5, 0.6) is 0 Å². The monoisotopic (exact) mass is 298 g/mol. The molecular formula is C17H22N4O. The van der Waals surface area contributed by atoms with Gasteiger partial charge in [-0.2, -0.15) is 5.10 Å². The van der Waals surface area contributed by atoms with E-state index in [-0.39, 0.29) is 12.5 Å². The van der Waals surface area contributed by atoms with Gasteiger partial charge in [-0.1, -0.05) is 25.0 Å². The van der Waals surface area contributed by atoms with Crippen LogP contribution in [0.25, 0.3) is 11.0 Å². The van der Waals surface area contributed by atoms with Gasteiger partial charge in [-0.05, 0) is 44.7 Å². The van der Waals surface area contributed by atoms with Crippen molar-refractivity contribution in [1.82, 2.24) is 15.0 Å². The lowest BCUT2D eigenvalue weighted by Crippen LogP contribution is -2.25. The molecule has 1 saturated carbocycles. The van der Waals surface area contributed by atoms with Crippen LogP contribution in [0.3, 0.4) is 0 Å². The molecular weight excluding hydrogens is 276 g/mol. The highest BCUT2D eigenvalue weighted by atomic mass is 16.2. The fourth-order valence-electron chi connectivity index (χ4n) is 2.96. The average Bonchev–Trinajstić information content (AvgIpc) is 2.70. The summed E-state index contributed by atoms with van der Waals surface area (Å²) >= 11 is 0. The molecule has 0 spiro atoms. The molecule has 5 heteroatoms. The summed E-state index contributed by atoms with van der Waals surface area (Å²) in [4.78, 5) is 16.6. The summed E-state index contributed by atoms with van der Waals surface area (Å²) in [6.45, 7) is 2.17. The second-order valence-corrected chi connectivity index (χ2v) is 5.86. The molecule has 0 aliphatic heterocycles. The Kier molecular flexibility index (Phi) is 4.51. The molecule has 0 bridgehead atoms. The number of hydrogen-bond donors (Lipinski definition) is 1. The smallest absolute Gasteiger partial charge is 0.260 e. The highest BCUT2D eigenvalue weighted by molar-refractivity contribution is 5.87. The van der Waals surface area contributed by atoms with Crippen molar-refractivity contribution in [2.75, 3.05) is 0 Å². The average molecular weight is 298 g/mol. The molecule has 1 fully saturated rings. The van der Waals surface area contributed by atoms with E-state index < -0.39 is 0 Å². The number of hydrazone groups is 1. The molecule has 1 aromatic heterocycles. The SMILES string of the molecule is Cc1nc2ccccc2n1CC(=O)NN=C1CCCCCC1. The van der Waals surface area contributed by atoms with E-state index in [2.05, 4.69) is 15.5 Å². The molecule has 1 aromatic carbocycles. The first-order valence-corrected chi connectivity index (χ1v) is 8.00. The summed E-state index contributed by atoms with van der Waals surface area (Å²) in [5.41, 5.74) is 5.74. The Bertz CT molecular complexity index is 692. The number of nitrogens with zero attached hydrogens (tertiary/aromatic N) is 3. The molecule has 116 valence electrons. The van der Waals surface area contributed by atoms with Crippen molar-refractivity contribution in [3.63, 3.8) is 0 Å². The van der Waals surface area contributed by atoms with E-state index in [9.17, 15) is 4.79 Å². The number of aromatic nitrogens is 2. The maximum atomic E-state index is 12.2. The number of fused-ring (bicyclic) bond motifs is 1. The number of carbonyl (C=O) groups is 1. The van der Waals surface area contributed by atoms with Crippen molar-refractivity contribution in [1.29, 1.82) is 0 Å². The summed E-state index contributed by atoms with van der Waals surface area (Å²) in [6, 6.07) is 7.86. The van der Waals surface area contributed by atoms with Crippen LogP contribution in [-0.4, -0.2) is 21.2 Å². The quantitative estimate of drug-likeness (QED) is 0.699. The lowest BCUT2D eigenvalue weighted by Gasteiger charge is -2.07. The molecule has 0 atom stereocenters. The lowest BCUT2D eigenvalue weighted by atomic mass is 10.2. The van der Waals surface area contributed by atoms with E-state index in [0.29, 0.717) is 0 Å². The molecule has 2 aromatic rings. The predicted molar refractivity (Wildman–Crippen MR) is 87.7 cm³/mol. The minimum atomic E-state index is -0.0944. The van der Waals surface area contributed by atoms with Crippen LogP contribution in [0, 0.1) is 6.92 Å². The van der Waals surface area contributed by atoms with Gasteiger partial charge in [0.1, 0.15) is 12.4 Å². The first-order valence-electron chi connectivity index (χ1n) is 8.00. The molecule has 0 unspecified atom stereocenters. The van der Waals surface area contributed by atoms with Gasteiger partial charge < -0.3 is 4.57 Å². The van der Waals surface area contributed by atoms with Gasteiger partial charge in [0.05, 0.1) is 11.0 Å². The Morgan fingerprint density at radius 1 is 1.23 bits per heavy atom. The zero-order chi connectivity index (χ0) is 15.4. The third-order valence-corrected chi connectivity index (χ3v) is 4.17. The Morgan fingerprint density at radius 3 is 2.73 bits per heavy atom. The molecule has 1 amide bonds. The minimum absolute atomic E-state index is 0.0944. The second-order valence-electron chi connectivity index (χ2n) is 5.86. The number of imidazole rings is 1. The number of carbonyl (C=O) groups excluding carboxylic acids is 1. The number of aryl methyl sites for hydroxylation is 1. The van der Waals surface area contributed by atoms with Crippen molar-refractivity contribution in [3.8, 4) is 0 Å². The number of nitrogens with one attached hydrogen (secondary N) is 1. The Labute approximate surface area is 130 Å². The molecule has 3 rings (SSSR count). The van der Waals surface area contributed by atoms with Crippen molar-refractivity contribution < 1.29 is 4.79 Å². The van der Waals surface area contributed by atoms with Gasteiger partial charge in [0, 0.05) is 5.71 Å². The molecule has 1 heterocycles. The van der Waals surface area contributed by atoms with E-state index in [1.54, 1.807) is 0 Å². The maximum Gasteiger partial charge on any atom is 0.260 e. The first-order chi connectivity index (χ1) is 10.7. The van der Waals surface area contributed by atoms with Crippen molar-refractivity contribution in [3.05, 3.63) is 30.1 Å². The highest BCUT2D eigenvalue weighted by Crippen LogP contribution is 2.16. The molecule has 1 N–H and O–H groups in total. The molecule has 5 nitrogen and oxygen atoms in total. The van der Waals surface area contributed by atoms with Crippen LogP contribution in [0.15, 0.2) is 29.4 Å². The topological polar surface area (TPSA) is 59.3 Å². The number of benzene rings is 1. The van der Waals surface area contributed by atoms with Gasteiger partial charge in [0.2, 0.25) is 0 Å². The van der Waals surface area contributed by atoms with Crippen LogP contribution in [-0.2, 0) is 11.3 Å². The Morgan fingerprint density at radius 2 is 1.95 bits per heavy atom. The second kappa shape index (κ2) is 6.73. The summed E-state index contributed by atoms with van der Waals surface area (Å²) in [5.74, 6) is 0.751. The van der Waals surface area contributed by atoms with Gasteiger partial charge in [0.25, 0.3) is 5.91 Å². The van der Waals surface area contributed by atoms with Crippen LogP contribution in [0.4, 0.5) is 0 Å². The van der Waals surface area contributed by atoms with Gasteiger partial charge in [-0.25, -0.2) is 10.4 Å². The molecule has 0 saturated heterocycles. The van der Waals surface area contributed by atoms with Crippen molar-refractivity contribution in [2.45, 2.75) is 52.0 Å². The Hall–Kier alpha value is -2.17. The molecule has 1 aliphatic rings. The minimum Gasteiger partial charge on any atom is -0.319 e. The van der Waals surface area contributed by atoms with E-state index >= 15 is 0 Å². The summed E-state index contributed by atoms with van der Waals surface area (Å²) in [6.07, 6.45) is 6.92. The third-order valence-electron chi connectivity index (χ3n) is 4.17. The van der Waals surface area contributed by atoms with Crippen molar-refractivity contribution in [2.24, 2.45) is 5.10 Å².